The van der Waals surface area contributed by atoms with Gasteiger partial charge in [-0.15, -0.1) is 0 Å². The summed E-state index contributed by atoms with van der Waals surface area (Å²) in [4.78, 5) is 28.1. The minimum Gasteiger partial charge on any atom is -0.466 e. The summed E-state index contributed by atoms with van der Waals surface area (Å²) in [5.74, 6) is -4.48. The molecular weight excluding hydrogens is 488 g/mol. The van der Waals surface area contributed by atoms with E-state index < -0.39 is 47.5 Å². The van der Waals surface area contributed by atoms with Crippen LogP contribution in [0.25, 0.3) is 0 Å². The maximum atomic E-state index is 14.4. The lowest BCUT2D eigenvalue weighted by molar-refractivity contribution is -0.145. The molecule has 0 radical (unpaired) electrons. The second-order valence-electron chi connectivity index (χ2n) is 9.49. The number of esters is 1. The van der Waals surface area contributed by atoms with Crippen molar-refractivity contribution in [1.82, 2.24) is 4.90 Å². The fourth-order valence-electron chi connectivity index (χ4n) is 4.70. The largest absolute Gasteiger partial charge is 0.466 e. The van der Waals surface area contributed by atoms with Gasteiger partial charge >= 0.3 is 5.97 Å². The highest BCUT2D eigenvalue weighted by atomic mass is 19.2. The van der Waals surface area contributed by atoms with Gasteiger partial charge in [-0.05, 0) is 61.4 Å². The third-order valence-corrected chi connectivity index (χ3v) is 6.98. The van der Waals surface area contributed by atoms with Gasteiger partial charge in [0.25, 0.3) is 0 Å². The van der Waals surface area contributed by atoms with Gasteiger partial charge in [-0.2, -0.15) is 0 Å². The Bertz CT molecular complexity index is 1190. The number of amides is 1. The van der Waals surface area contributed by atoms with Gasteiger partial charge in [0.2, 0.25) is 5.91 Å². The Labute approximate surface area is 223 Å². The Morgan fingerprint density at radius 1 is 0.921 bits per heavy atom. The van der Waals surface area contributed by atoms with Gasteiger partial charge in [0.1, 0.15) is 0 Å². The number of likely N-dealkylation sites (N-methyl/N-ethyl adjacent to an activating group) is 1. The van der Waals surface area contributed by atoms with Crippen LogP contribution in [0.3, 0.4) is 0 Å². The van der Waals surface area contributed by atoms with Gasteiger partial charge in [-0.1, -0.05) is 66.7 Å². The van der Waals surface area contributed by atoms with E-state index in [1.54, 1.807) is 45.2 Å². The average molecular weight is 524 g/mol. The minimum atomic E-state index is -1.07. The molecule has 1 N–H and O–H groups in total. The van der Waals surface area contributed by atoms with Gasteiger partial charge in [0.15, 0.2) is 11.6 Å². The molecule has 0 fully saturated rings. The number of carbonyl (C=O) groups is 2. The van der Waals surface area contributed by atoms with Crippen molar-refractivity contribution in [3.05, 3.63) is 107 Å². The molecule has 0 bridgehead atoms. The summed E-state index contributed by atoms with van der Waals surface area (Å²) in [6.45, 7) is 3.62. The van der Waals surface area contributed by atoms with E-state index in [-0.39, 0.29) is 18.6 Å². The van der Waals surface area contributed by atoms with Gasteiger partial charge < -0.3 is 14.7 Å². The summed E-state index contributed by atoms with van der Waals surface area (Å²) < 4.78 is 33.4. The number of aliphatic hydroxyl groups is 1. The van der Waals surface area contributed by atoms with Crippen molar-refractivity contribution in [1.29, 1.82) is 0 Å². The number of benzene rings is 3. The lowest BCUT2D eigenvalue weighted by Crippen LogP contribution is -2.43. The SMILES string of the molecule is CCOC(=O)C[C@@H](CCc1ccccc1)[C@@H](C(=O)N(C)[C@H](C)[C@H](O)c1ccccc1)c1ccc(F)c(F)c1. The maximum absolute atomic E-state index is 14.4. The van der Waals surface area contributed by atoms with Crippen molar-refractivity contribution in [2.45, 2.75) is 51.2 Å². The number of halogens is 2. The molecule has 5 nitrogen and oxygen atoms in total. The van der Waals surface area contributed by atoms with Crippen molar-refractivity contribution >= 4 is 11.9 Å². The molecule has 0 spiro atoms. The number of hydrogen-bond acceptors (Lipinski definition) is 4. The molecule has 0 heterocycles. The maximum Gasteiger partial charge on any atom is 0.306 e. The minimum absolute atomic E-state index is 0.0699. The molecule has 3 aromatic carbocycles. The number of aryl methyl sites for hydroxylation is 1. The Hall–Kier alpha value is -3.58. The Morgan fingerprint density at radius 2 is 1.55 bits per heavy atom. The number of rotatable bonds is 12. The molecule has 1 amide bonds. The lowest BCUT2D eigenvalue weighted by atomic mass is 9.79. The van der Waals surface area contributed by atoms with Crippen LogP contribution < -0.4 is 0 Å². The molecule has 202 valence electrons. The quantitative estimate of drug-likeness (QED) is 0.303. The second kappa shape index (κ2) is 13.8. The average Bonchev–Trinajstić information content (AvgIpc) is 2.93. The second-order valence-corrected chi connectivity index (χ2v) is 9.49. The van der Waals surface area contributed by atoms with Crippen LogP contribution in [0.2, 0.25) is 0 Å². The fraction of sp³-hybridized carbons (Fsp3) is 0.355. The molecule has 0 unspecified atom stereocenters. The molecule has 0 saturated carbocycles. The molecule has 38 heavy (non-hydrogen) atoms. The zero-order valence-electron chi connectivity index (χ0n) is 22.0. The zero-order chi connectivity index (χ0) is 27.7. The van der Waals surface area contributed by atoms with E-state index in [0.29, 0.717) is 18.4 Å². The third kappa shape index (κ3) is 7.48. The van der Waals surface area contributed by atoms with Crippen molar-refractivity contribution in [3.63, 3.8) is 0 Å². The molecule has 7 heteroatoms. The van der Waals surface area contributed by atoms with Gasteiger partial charge in [-0.25, -0.2) is 8.78 Å². The predicted molar refractivity (Wildman–Crippen MR) is 142 cm³/mol. The lowest BCUT2D eigenvalue weighted by Gasteiger charge is -2.35. The Kier molecular flexibility index (Phi) is 10.5. The van der Waals surface area contributed by atoms with E-state index >= 15 is 0 Å². The first-order chi connectivity index (χ1) is 18.2. The van der Waals surface area contributed by atoms with Crippen molar-refractivity contribution < 1.29 is 28.2 Å². The van der Waals surface area contributed by atoms with Crippen LogP contribution in [0.4, 0.5) is 8.78 Å². The van der Waals surface area contributed by atoms with Gasteiger partial charge in [0, 0.05) is 13.5 Å². The van der Waals surface area contributed by atoms with Gasteiger partial charge in [0.05, 0.1) is 24.7 Å². The highest BCUT2D eigenvalue weighted by Gasteiger charge is 2.36. The normalized spacial score (nSPS) is 14.3. The highest BCUT2D eigenvalue weighted by Crippen LogP contribution is 2.35. The van der Waals surface area contributed by atoms with E-state index in [1.807, 2.05) is 36.4 Å². The fourth-order valence-corrected chi connectivity index (χ4v) is 4.70. The Morgan fingerprint density at radius 3 is 2.16 bits per heavy atom. The molecule has 0 aliphatic heterocycles. The van der Waals surface area contributed by atoms with Crippen LogP contribution in [0.5, 0.6) is 0 Å². The molecule has 3 aromatic rings. The number of aliphatic hydroxyl groups excluding tert-OH is 1. The molecule has 0 aliphatic rings. The van der Waals surface area contributed by atoms with Crippen LogP contribution >= 0.6 is 0 Å². The molecule has 3 rings (SSSR count). The number of carbonyl (C=O) groups excluding carboxylic acids is 2. The van der Waals surface area contributed by atoms with E-state index in [4.69, 9.17) is 4.74 Å². The first-order valence-corrected chi connectivity index (χ1v) is 12.9. The van der Waals surface area contributed by atoms with Crippen molar-refractivity contribution in [2.75, 3.05) is 13.7 Å². The Balaban J connectivity index is 1.98. The monoisotopic (exact) mass is 523 g/mol. The van der Waals surface area contributed by atoms with Crippen molar-refractivity contribution in [3.8, 4) is 0 Å². The molecule has 0 aromatic heterocycles. The third-order valence-electron chi connectivity index (χ3n) is 6.98. The summed E-state index contributed by atoms with van der Waals surface area (Å²) in [6, 6.07) is 21.4. The number of nitrogens with zero attached hydrogens (tertiary/aromatic N) is 1. The van der Waals surface area contributed by atoms with E-state index in [0.717, 1.165) is 17.7 Å². The molecule has 4 atom stereocenters. The van der Waals surface area contributed by atoms with Crippen molar-refractivity contribution in [2.24, 2.45) is 5.92 Å². The summed E-state index contributed by atoms with van der Waals surface area (Å²) in [5, 5.41) is 11.0. The highest BCUT2D eigenvalue weighted by molar-refractivity contribution is 5.85. The van der Waals surface area contributed by atoms with E-state index in [9.17, 15) is 23.5 Å². The molecule has 0 aliphatic carbocycles. The first-order valence-electron chi connectivity index (χ1n) is 12.9. The van der Waals surface area contributed by atoms with Crippen LogP contribution in [0, 0.1) is 17.6 Å². The first kappa shape index (κ1) is 29.0. The molecular formula is C31H35F2NO4. The smallest absolute Gasteiger partial charge is 0.306 e. The standard InChI is InChI=1S/C31H35F2NO4/c1-4-38-28(35)20-25(16-15-22-11-7-5-8-12-22)29(24-17-18-26(32)27(33)19-24)31(37)34(3)21(2)30(36)23-13-9-6-10-14-23/h5-14,17-19,21,25,29-30,36H,4,15-16,20H2,1-3H3/t21-,25-,29+,30+/m1/s1. The zero-order valence-corrected chi connectivity index (χ0v) is 22.0. The number of ether oxygens (including phenoxy) is 1. The summed E-state index contributed by atoms with van der Waals surface area (Å²) in [6.07, 6.45) is -0.0329. The summed E-state index contributed by atoms with van der Waals surface area (Å²) in [7, 11) is 1.57. The van der Waals surface area contributed by atoms with Crippen LogP contribution in [0.1, 0.15) is 55.4 Å². The van der Waals surface area contributed by atoms with Crippen LogP contribution in [-0.4, -0.2) is 41.6 Å². The topological polar surface area (TPSA) is 66.8 Å². The summed E-state index contributed by atoms with van der Waals surface area (Å²) >= 11 is 0. The predicted octanol–water partition coefficient (Wildman–Crippen LogP) is 5.83. The van der Waals surface area contributed by atoms with E-state index in [1.165, 1.54) is 11.0 Å². The van der Waals surface area contributed by atoms with Crippen LogP contribution in [-0.2, 0) is 20.7 Å². The summed E-state index contributed by atoms with van der Waals surface area (Å²) in [5.41, 5.74) is 1.94. The number of hydrogen-bond donors (Lipinski definition) is 1. The van der Waals surface area contributed by atoms with E-state index in [2.05, 4.69) is 0 Å². The van der Waals surface area contributed by atoms with Crippen LogP contribution in [0.15, 0.2) is 78.9 Å². The van der Waals surface area contributed by atoms with Gasteiger partial charge in [-0.3, -0.25) is 9.59 Å². The molecule has 0 saturated heterocycles.